The molecular weight excluding hydrogens is 256 g/mol. The Labute approximate surface area is 117 Å². The van der Waals surface area contributed by atoms with Crippen LogP contribution in [0.15, 0.2) is 28.8 Å². The highest BCUT2D eigenvalue weighted by molar-refractivity contribution is 5.75. The Morgan fingerprint density at radius 1 is 1.35 bits per heavy atom. The molecular formula is C14H18N4O2. The average molecular weight is 274 g/mol. The van der Waals surface area contributed by atoms with E-state index in [1.165, 1.54) is 0 Å². The van der Waals surface area contributed by atoms with Gasteiger partial charge in [-0.3, -0.25) is 9.78 Å². The monoisotopic (exact) mass is 274 g/mol. The molecule has 0 aliphatic heterocycles. The van der Waals surface area contributed by atoms with Gasteiger partial charge in [-0.05, 0) is 18.1 Å². The van der Waals surface area contributed by atoms with Crippen LogP contribution in [0.3, 0.4) is 0 Å². The number of pyridine rings is 1. The zero-order valence-electron chi connectivity index (χ0n) is 11.7. The number of aromatic nitrogens is 3. The van der Waals surface area contributed by atoms with Gasteiger partial charge in [0.2, 0.25) is 11.8 Å². The Morgan fingerprint density at radius 3 is 2.90 bits per heavy atom. The molecule has 0 aromatic carbocycles. The van der Waals surface area contributed by atoms with Crippen molar-refractivity contribution in [2.45, 2.75) is 26.7 Å². The zero-order valence-corrected chi connectivity index (χ0v) is 11.7. The molecule has 2 aromatic heterocycles. The van der Waals surface area contributed by atoms with Gasteiger partial charge in [-0.1, -0.05) is 19.9 Å². The highest BCUT2D eigenvalue weighted by Gasteiger charge is 2.10. The number of amides is 1. The van der Waals surface area contributed by atoms with Crippen molar-refractivity contribution in [2.75, 3.05) is 6.54 Å². The van der Waals surface area contributed by atoms with Gasteiger partial charge in [-0.25, -0.2) is 0 Å². The molecule has 2 heterocycles. The topological polar surface area (TPSA) is 80.9 Å². The van der Waals surface area contributed by atoms with Crippen LogP contribution >= 0.6 is 0 Å². The summed E-state index contributed by atoms with van der Waals surface area (Å²) in [7, 11) is 0. The maximum absolute atomic E-state index is 11.5. The number of carbonyl (C=O) groups excluding carboxylic acids is 1. The third-order valence-electron chi connectivity index (χ3n) is 2.61. The maximum Gasteiger partial charge on any atom is 0.266 e. The summed E-state index contributed by atoms with van der Waals surface area (Å²) in [5.74, 6) is 1.29. The van der Waals surface area contributed by atoms with Crippen molar-refractivity contribution in [3.8, 4) is 11.6 Å². The van der Waals surface area contributed by atoms with Gasteiger partial charge < -0.3 is 9.73 Å². The quantitative estimate of drug-likeness (QED) is 0.869. The lowest BCUT2D eigenvalue weighted by molar-refractivity contribution is -0.121. The molecule has 0 fully saturated rings. The van der Waals surface area contributed by atoms with Crippen LogP contribution in [0.25, 0.3) is 11.6 Å². The van der Waals surface area contributed by atoms with Crippen molar-refractivity contribution in [3.05, 3.63) is 30.3 Å². The van der Waals surface area contributed by atoms with E-state index in [4.69, 9.17) is 4.42 Å². The summed E-state index contributed by atoms with van der Waals surface area (Å²) >= 11 is 0. The first kappa shape index (κ1) is 14.2. The van der Waals surface area contributed by atoms with E-state index in [0.29, 0.717) is 42.8 Å². The van der Waals surface area contributed by atoms with Crippen LogP contribution in [0.5, 0.6) is 0 Å². The molecule has 0 aliphatic rings. The van der Waals surface area contributed by atoms with Gasteiger partial charge in [0.25, 0.3) is 5.89 Å². The molecule has 106 valence electrons. The highest BCUT2D eigenvalue weighted by atomic mass is 16.4. The van der Waals surface area contributed by atoms with Crippen molar-refractivity contribution in [1.82, 2.24) is 20.5 Å². The van der Waals surface area contributed by atoms with Gasteiger partial charge in [0.15, 0.2) is 0 Å². The minimum atomic E-state index is 0.0458. The third kappa shape index (κ3) is 4.15. The van der Waals surface area contributed by atoms with Crippen molar-refractivity contribution in [1.29, 1.82) is 0 Å². The fourth-order valence-electron chi connectivity index (χ4n) is 1.70. The molecule has 0 unspecified atom stereocenters. The summed E-state index contributed by atoms with van der Waals surface area (Å²) in [5, 5.41) is 10.7. The maximum atomic E-state index is 11.5. The van der Waals surface area contributed by atoms with E-state index in [1.807, 2.05) is 32.0 Å². The van der Waals surface area contributed by atoms with Crippen LogP contribution in [0.1, 0.15) is 26.2 Å². The molecule has 20 heavy (non-hydrogen) atoms. The molecule has 2 aromatic rings. The van der Waals surface area contributed by atoms with Crippen LogP contribution < -0.4 is 5.32 Å². The smallest absolute Gasteiger partial charge is 0.266 e. The van der Waals surface area contributed by atoms with E-state index in [9.17, 15) is 4.79 Å². The summed E-state index contributed by atoms with van der Waals surface area (Å²) < 4.78 is 5.50. The van der Waals surface area contributed by atoms with Crippen molar-refractivity contribution >= 4 is 5.91 Å². The van der Waals surface area contributed by atoms with Crippen LogP contribution in [0.2, 0.25) is 0 Å². The summed E-state index contributed by atoms with van der Waals surface area (Å²) in [5.41, 5.74) is 0.648. The summed E-state index contributed by atoms with van der Waals surface area (Å²) in [6.07, 6.45) is 2.72. The molecule has 1 amide bonds. The normalized spacial score (nSPS) is 10.8. The summed E-state index contributed by atoms with van der Waals surface area (Å²) in [4.78, 5) is 15.6. The molecule has 0 atom stereocenters. The van der Waals surface area contributed by atoms with Gasteiger partial charge in [0.05, 0.1) is 0 Å². The average Bonchev–Trinajstić information content (AvgIpc) is 2.88. The number of hydrogen-bond acceptors (Lipinski definition) is 5. The molecule has 0 saturated carbocycles. The molecule has 0 saturated heterocycles. The number of nitrogens with one attached hydrogen (secondary N) is 1. The highest BCUT2D eigenvalue weighted by Crippen LogP contribution is 2.14. The minimum absolute atomic E-state index is 0.0458. The molecule has 0 radical (unpaired) electrons. The number of nitrogens with zero attached hydrogens (tertiary/aromatic N) is 3. The van der Waals surface area contributed by atoms with Gasteiger partial charge in [-0.15, -0.1) is 10.2 Å². The van der Waals surface area contributed by atoms with E-state index >= 15 is 0 Å². The van der Waals surface area contributed by atoms with Crippen LogP contribution in [0, 0.1) is 5.92 Å². The number of hydrogen-bond donors (Lipinski definition) is 1. The SMILES string of the molecule is CC(C)CC(=O)NCCc1nnc(-c2ccccn2)o1. The van der Waals surface area contributed by atoms with Crippen molar-refractivity contribution in [2.24, 2.45) is 5.92 Å². The van der Waals surface area contributed by atoms with Gasteiger partial charge in [0, 0.05) is 25.6 Å². The van der Waals surface area contributed by atoms with E-state index in [1.54, 1.807) is 6.20 Å². The molecule has 6 nitrogen and oxygen atoms in total. The lowest BCUT2D eigenvalue weighted by atomic mass is 10.1. The Morgan fingerprint density at radius 2 is 2.20 bits per heavy atom. The number of rotatable bonds is 6. The Bertz CT molecular complexity index is 551. The fourth-order valence-corrected chi connectivity index (χ4v) is 1.70. The van der Waals surface area contributed by atoms with Crippen molar-refractivity contribution < 1.29 is 9.21 Å². The lowest BCUT2D eigenvalue weighted by Gasteiger charge is -2.05. The predicted octanol–water partition coefficient (Wildman–Crippen LogP) is 1.84. The molecule has 0 spiro atoms. The van der Waals surface area contributed by atoms with Gasteiger partial charge in [-0.2, -0.15) is 0 Å². The van der Waals surface area contributed by atoms with Gasteiger partial charge >= 0.3 is 0 Å². The van der Waals surface area contributed by atoms with Gasteiger partial charge in [0.1, 0.15) is 5.69 Å². The standard InChI is InChI=1S/C14H18N4O2/c1-10(2)9-12(19)16-8-6-13-17-18-14(20-13)11-5-3-4-7-15-11/h3-5,7,10H,6,8-9H2,1-2H3,(H,16,19). The van der Waals surface area contributed by atoms with Crippen LogP contribution in [0.4, 0.5) is 0 Å². The molecule has 0 aliphatic carbocycles. The Hall–Kier alpha value is -2.24. The van der Waals surface area contributed by atoms with E-state index in [2.05, 4.69) is 20.5 Å². The molecule has 2 rings (SSSR count). The second-order valence-electron chi connectivity index (χ2n) is 4.91. The largest absolute Gasteiger partial charge is 0.419 e. The minimum Gasteiger partial charge on any atom is -0.419 e. The summed E-state index contributed by atoms with van der Waals surface area (Å²) in [6.45, 7) is 4.52. The second-order valence-corrected chi connectivity index (χ2v) is 4.91. The first-order valence-electron chi connectivity index (χ1n) is 6.65. The molecule has 1 N–H and O–H groups in total. The van der Waals surface area contributed by atoms with Crippen molar-refractivity contribution in [3.63, 3.8) is 0 Å². The van der Waals surface area contributed by atoms with Crippen LogP contribution in [-0.2, 0) is 11.2 Å². The number of carbonyl (C=O) groups is 1. The van der Waals surface area contributed by atoms with E-state index < -0.39 is 0 Å². The lowest BCUT2D eigenvalue weighted by Crippen LogP contribution is -2.26. The third-order valence-corrected chi connectivity index (χ3v) is 2.61. The zero-order chi connectivity index (χ0) is 14.4. The first-order chi connectivity index (χ1) is 9.65. The van der Waals surface area contributed by atoms with E-state index in [0.717, 1.165) is 0 Å². The summed E-state index contributed by atoms with van der Waals surface area (Å²) in [6, 6.07) is 5.49. The molecule has 0 bridgehead atoms. The van der Waals surface area contributed by atoms with E-state index in [-0.39, 0.29) is 5.91 Å². The predicted molar refractivity (Wildman–Crippen MR) is 73.7 cm³/mol. The Balaban J connectivity index is 1.83. The first-order valence-corrected chi connectivity index (χ1v) is 6.65. The Kier molecular flexibility index (Phi) is 4.81. The van der Waals surface area contributed by atoms with Crippen LogP contribution in [-0.4, -0.2) is 27.6 Å². The second kappa shape index (κ2) is 6.79. The molecule has 6 heteroatoms. The fraction of sp³-hybridized carbons (Fsp3) is 0.429.